The van der Waals surface area contributed by atoms with Crippen LogP contribution in [0, 0.1) is 11.8 Å². The van der Waals surface area contributed by atoms with Crippen LogP contribution in [0.3, 0.4) is 0 Å². The minimum atomic E-state index is -0.712. The van der Waals surface area contributed by atoms with Crippen molar-refractivity contribution in [1.29, 1.82) is 0 Å². The number of Topliss-reactive ketones (excluding diaryl/α,β-unsaturated/α-hetero) is 1. The molecule has 2 aromatic rings. The molecule has 3 atom stereocenters. The number of fused-ring (bicyclic) bond motifs is 1. The molecular formula is C18H22ClN3O4. The van der Waals surface area contributed by atoms with Crippen molar-refractivity contribution in [2.75, 3.05) is 20.2 Å². The number of nitrogens with zero attached hydrogens (tertiary/aromatic N) is 2. The van der Waals surface area contributed by atoms with E-state index in [0.29, 0.717) is 36.5 Å². The summed E-state index contributed by atoms with van der Waals surface area (Å²) in [5, 5.41) is 0.718. The van der Waals surface area contributed by atoms with E-state index in [0.717, 1.165) is 5.39 Å². The second-order valence-electron chi connectivity index (χ2n) is 6.55. The Morgan fingerprint density at radius 1 is 1.46 bits per heavy atom. The number of ketones is 1. The Morgan fingerprint density at radius 3 is 2.92 bits per heavy atom. The molecule has 3 heterocycles. The fourth-order valence-corrected chi connectivity index (χ4v) is 3.45. The molecule has 2 aromatic heterocycles. The third-order valence-electron chi connectivity index (χ3n) is 4.83. The highest BCUT2D eigenvalue weighted by atomic mass is 35.5. The first-order valence-corrected chi connectivity index (χ1v) is 9.00. The van der Waals surface area contributed by atoms with E-state index in [1.165, 1.54) is 7.11 Å². The van der Waals surface area contributed by atoms with E-state index in [9.17, 15) is 9.59 Å². The van der Waals surface area contributed by atoms with Gasteiger partial charge in [0.2, 0.25) is 0 Å². The van der Waals surface area contributed by atoms with Gasteiger partial charge in [-0.2, -0.15) is 0 Å². The maximum atomic E-state index is 13.4. The Morgan fingerprint density at radius 2 is 2.23 bits per heavy atom. The number of piperidine rings is 1. The molecule has 1 fully saturated rings. The highest BCUT2D eigenvalue weighted by molar-refractivity contribution is 6.19. The molecule has 7 nitrogen and oxygen atoms in total. The van der Waals surface area contributed by atoms with Gasteiger partial charge in [-0.15, -0.1) is 0 Å². The first-order valence-electron chi connectivity index (χ1n) is 8.56. The molecule has 3 unspecified atom stereocenters. The molecule has 0 saturated carbocycles. The number of ether oxygens (including phenoxy) is 2. The smallest absolute Gasteiger partial charge is 0.411 e. The summed E-state index contributed by atoms with van der Waals surface area (Å²) < 4.78 is 10.4. The summed E-state index contributed by atoms with van der Waals surface area (Å²) in [5.41, 5.74) is 0.414. The van der Waals surface area contributed by atoms with Crippen LogP contribution in [0.25, 0.3) is 11.0 Å². The van der Waals surface area contributed by atoms with Crippen LogP contribution < -0.4 is 4.74 Å². The third-order valence-corrected chi connectivity index (χ3v) is 4.92. The van der Waals surface area contributed by atoms with E-state index in [-0.39, 0.29) is 17.6 Å². The topological polar surface area (TPSA) is 84.5 Å². The Hall–Kier alpha value is -2.28. The van der Waals surface area contributed by atoms with Gasteiger partial charge in [-0.25, -0.2) is 9.78 Å². The zero-order chi connectivity index (χ0) is 18.8. The molecule has 26 heavy (non-hydrogen) atoms. The van der Waals surface area contributed by atoms with Crippen molar-refractivity contribution in [1.82, 2.24) is 14.9 Å². The summed E-state index contributed by atoms with van der Waals surface area (Å²) in [6.45, 7) is 4.44. The summed E-state index contributed by atoms with van der Waals surface area (Å²) in [7, 11) is 1.52. The number of aromatic nitrogens is 2. The number of amides is 1. The van der Waals surface area contributed by atoms with Gasteiger partial charge in [0.25, 0.3) is 0 Å². The van der Waals surface area contributed by atoms with E-state index in [4.69, 9.17) is 21.1 Å². The average molecular weight is 380 g/mol. The average Bonchev–Trinajstić information content (AvgIpc) is 3.08. The Labute approximate surface area is 156 Å². The van der Waals surface area contributed by atoms with Crippen molar-refractivity contribution in [3.8, 4) is 5.75 Å². The lowest BCUT2D eigenvalue weighted by Gasteiger charge is -2.36. The molecule has 1 amide bonds. The largest absolute Gasteiger partial charge is 0.494 e. The number of alkyl halides is 1. The summed E-state index contributed by atoms with van der Waals surface area (Å²) in [5.74, 6) is 0.157. The van der Waals surface area contributed by atoms with Crippen molar-refractivity contribution in [2.45, 2.75) is 25.8 Å². The SMILES string of the molecule is COc1cnc2[nH]ccc2c1C(=O)C1CN(C(=O)OC(C)Cl)CCC1C. The molecule has 3 rings (SSSR count). The molecule has 1 N–H and O–H groups in total. The van der Waals surface area contributed by atoms with Crippen molar-refractivity contribution < 1.29 is 19.1 Å². The zero-order valence-electron chi connectivity index (χ0n) is 15.0. The summed E-state index contributed by atoms with van der Waals surface area (Å²) in [4.78, 5) is 34.4. The van der Waals surface area contributed by atoms with Crippen LogP contribution in [0.4, 0.5) is 4.79 Å². The van der Waals surface area contributed by atoms with Gasteiger partial charge >= 0.3 is 6.09 Å². The molecule has 8 heteroatoms. The van der Waals surface area contributed by atoms with Crippen LogP contribution in [0.2, 0.25) is 0 Å². The molecule has 1 aliphatic rings. The molecule has 0 aromatic carbocycles. The van der Waals surface area contributed by atoms with Gasteiger partial charge in [0.05, 0.1) is 18.9 Å². The van der Waals surface area contributed by atoms with Crippen LogP contribution in [-0.2, 0) is 4.74 Å². The van der Waals surface area contributed by atoms with Crippen LogP contribution in [0.1, 0.15) is 30.6 Å². The number of H-pyrrole nitrogens is 1. The highest BCUT2D eigenvalue weighted by Crippen LogP contribution is 2.33. The molecule has 0 bridgehead atoms. The quantitative estimate of drug-likeness (QED) is 0.649. The van der Waals surface area contributed by atoms with E-state index in [1.807, 2.05) is 13.0 Å². The van der Waals surface area contributed by atoms with Gasteiger partial charge in [0.15, 0.2) is 11.3 Å². The standard InChI is InChI=1S/C18H22ClN3O4/c1-10-5-7-22(18(24)26-11(2)19)9-13(10)16(23)15-12-4-6-20-17(12)21-8-14(15)25-3/h4,6,8,10-11,13H,5,7,9H2,1-3H3,(H,20,21). The lowest BCUT2D eigenvalue weighted by atomic mass is 9.81. The molecule has 0 spiro atoms. The number of aromatic amines is 1. The first-order chi connectivity index (χ1) is 12.4. The number of hydrogen-bond acceptors (Lipinski definition) is 5. The summed E-state index contributed by atoms with van der Waals surface area (Å²) in [6.07, 6.45) is 3.50. The van der Waals surface area contributed by atoms with Crippen LogP contribution in [-0.4, -0.2) is 52.5 Å². The Kier molecular flexibility index (Phi) is 5.36. The van der Waals surface area contributed by atoms with Crippen molar-refractivity contribution in [3.63, 3.8) is 0 Å². The number of carbonyl (C=O) groups is 2. The van der Waals surface area contributed by atoms with E-state index >= 15 is 0 Å². The van der Waals surface area contributed by atoms with Gasteiger partial charge in [-0.3, -0.25) is 4.79 Å². The number of hydrogen-bond donors (Lipinski definition) is 1. The van der Waals surface area contributed by atoms with E-state index in [2.05, 4.69) is 9.97 Å². The predicted octanol–water partition coefficient (Wildman–Crippen LogP) is 3.43. The van der Waals surface area contributed by atoms with Gasteiger partial charge in [-0.1, -0.05) is 18.5 Å². The van der Waals surface area contributed by atoms with E-state index < -0.39 is 11.7 Å². The zero-order valence-corrected chi connectivity index (χ0v) is 15.7. The fraction of sp³-hybridized carbons (Fsp3) is 0.500. The van der Waals surface area contributed by atoms with Crippen LogP contribution in [0.5, 0.6) is 5.75 Å². The van der Waals surface area contributed by atoms with Gasteiger partial charge < -0.3 is 19.4 Å². The summed E-state index contributed by atoms with van der Waals surface area (Å²) >= 11 is 5.74. The number of likely N-dealkylation sites (tertiary alicyclic amines) is 1. The molecular weight excluding hydrogens is 358 g/mol. The number of rotatable bonds is 4. The normalized spacial score (nSPS) is 21.5. The minimum absolute atomic E-state index is 0.0576. The number of methoxy groups -OCH3 is 1. The minimum Gasteiger partial charge on any atom is -0.494 e. The Bertz CT molecular complexity index is 820. The lowest BCUT2D eigenvalue weighted by molar-refractivity contribution is 0.0579. The summed E-state index contributed by atoms with van der Waals surface area (Å²) in [6, 6.07) is 1.81. The van der Waals surface area contributed by atoms with Crippen molar-refractivity contribution in [2.24, 2.45) is 11.8 Å². The van der Waals surface area contributed by atoms with Gasteiger partial charge in [0.1, 0.15) is 11.4 Å². The molecule has 0 radical (unpaired) electrons. The molecule has 0 aliphatic carbocycles. The van der Waals surface area contributed by atoms with Crippen LogP contribution in [0.15, 0.2) is 18.5 Å². The lowest BCUT2D eigenvalue weighted by Crippen LogP contribution is -2.46. The molecule has 1 aliphatic heterocycles. The number of carbonyl (C=O) groups excluding carboxylic acids is 2. The Balaban J connectivity index is 1.91. The second kappa shape index (κ2) is 7.53. The number of nitrogens with one attached hydrogen (secondary N) is 1. The van der Waals surface area contributed by atoms with Crippen molar-refractivity contribution in [3.05, 3.63) is 24.0 Å². The van der Waals surface area contributed by atoms with E-state index in [1.54, 1.807) is 24.2 Å². The highest BCUT2D eigenvalue weighted by Gasteiger charge is 2.36. The molecule has 1 saturated heterocycles. The third kappa shape index (κ3) is 3.49. The monoisotopic (exact) mass is 379 g/mol. The van der Waals surface area contributed by atoms with Gasteiger partial charge in [-0.05, 0) is 25.3 Å². The van der Waals surface area contributed by atoms with Crippen molar-refractivity contribution >= 4 is 34.5 Å². The number of pyridine rings is 1. The van der Waals surface area contributed by atoms with Gasteiger partial charge in [0, 0.05) is 30.6 Å². The van der Waals surface area contributed by atoms with Crippen LogP contribution >= 0.6 is 11.6 Å². The predicted molar refractivity (Wildman–Crippen MR) is 97.6 cm³/mol. The fourth-order valence-electron chi connectivity index (χ4n) is 3.37. The second-order valence-corrected chi connectivity index (χ2v) is 7.17. The number of halogens is 1. The maximum absolute atomic E-state index is 13.4. The molecule has 140 valence electrons. The maximum Gasteiger partial charge on any atom is 0.411 e. The first kappa shape index (κ1) is 18.5.